The maximum atomic E-state index is 13.0. The highest BCUT2D eigenvalue weighted by molar-refractivity contribution is 7.89. The highest BCUT2D eigenvalue weighted by Gasteiger charge is 2.36. The van der Waals surface area contributed by atoms with Crippen molar-refractivity contribution in [3.05, 3.63) is 51.2 Å². The first-order chi connectivity index (χ1) is 12.8. The van der Waals surface area contributed by atoms with Gasteiger partial charge in [0.25, 0.3) is 0 Å². The van der Waals surface area contributed by atoms with Crippen molar-refractivity contribution in [3.63, 3.8) is 0 Å². The molecule has 0 spiro atoms. The molecule has 1 saturated heterocycles. The Labute approximate surface area is 166 Å². The summed E-state index contributed by atoms with van der Waals surface area (Å²) in [5.41, 5.74) is 0.470. The molecule has 0 saturated carbocycles. The van der Waals surface area contributed by atoms with E-state index < -0.39 is 21.9 Å². The van der Waals surface area contributed by atoms with Crippen LogP contribution in [0.2, 0.25) is 5.02 Å². The summed E-state index contributed by atoms with van der Waals surface area (Å²) in [5.74, 6) is -1.27. The van der Waals surface area contributed by atoms with Crippen molar-refractivity contribution in [1.82, 2.24) is 4.31 Å². The second-order valence-corrected chi connectivity index (χ2v) is 9.44. The Morgan fingerprint density at radius 2 is 2.07 bits per heavy atom. The molecule has 3 rings (SSSR count). The van der Waals surface area contributed by atoms with E-state index in [2.05, 4.69) is 4.74 Å². The third kappa shape index (κ3) is 4.08. The fourth-order valence-electron chi connectivity index (χ4n) is 3.13. The molecule has 144 valence electrons. The molecule has 0 bridgehead atoms. The van der Waals surface area contributed by atoms with Gasteiger partial charge in [-0.25, -0.2) is 13.2 Å². The number of thiophene rings is 1. The average Bonchev–Trinajstić information content (AvgIpc) is 3.17. The summed E-state index contributed by atoms with van der Waals surface area (Å²) in [6.07, 6.45) is 1.17. The first-order valence-corrected chi connectivity index (χ1v) is 11.0. The number of carbonyl (C=O) groups is 2. The zero-order valence-electron chi connectivity index (χ0n) is 14.6. The van der Waals surface area contributed by atoms with Crippen molar-refractivity contribution in [1.29, 1.82) is 0 Å². The number of methoxy groups -OCH3 is 1. The van der Waals surface area contributed by atoms with E-state index in [9.17, 15) is 18.0 Å². The molecule has 0 unspecified atom stereocenters. The lowest BCUT2D eigenvalue weighted by atomic mass is 9.91. The summed E-state index contributed by atoms with van der Waals surface area (Å²) in [7, 11) is -2.69. The first kappa shape index (κ1) is 20.0. The van der Waals surface area contributed by atoms with Crippen molar-refractivity contribution >= 4 is 44.7 Å². The third-order valence-corrected chi connectivity index (χ3v) is 7.65. The Morgan fingerprint density at radius 1 is 1.30 bits per heavy atom. The molecule has 1 atom stereocenters. The van der Waals surface area contributed by atoms with Crippen molar-refractivity contribution in [2.24, 2.45) is 5.92 Å². The van der Waals surface area contributed by atoms with Crippen LogP contribution in [0.1, 0.15) is 32.9 Å². The summed E-state index contributed by atoms with van der Waals surface area (Å²) >= 11 is 6.97. The van der Waals surface area contributed by atoms with Crippen LogP contribution >= 0.6 is 22.9 Å². The minimum Gasteiger partial charge on any atom is -0.465 e. The number of rotatable bonds is 5. The fraction of sp³-hybridized carbons (Fsp3) is 0.333. The van der Waals surface area contributed by atoms with Crippen LogP contribution in [0.3, 0.4) is 0 Å². The van der Waals surface area contributed by atoms with Gasteiger partial charge in [-0.15, -0.1) is 11.3 Å². The smallest absolute Gasteiger partial charge is 0.349 e. The summed E-state index contributed by atoms with van der Waals surface area (Å²) in [4.78, 5) is 24.6. The largest absolute Gasteiger partial charge is 0.465 e. The predicted molar refractivity (Wildman–Crippen MR) is 103 cm³/mol. The molecule has 1 aliphatic heterocycles. The van der Waals surface area contributed by atoms with E-state index >= 15 is 0 Å². The molecule has 0 amide bonds. The maximum absolute atomic E-state index is 13.0. The van der Waals surface area contributed by atoms with Gasteiger partial charge in [0.05, 0.1) is 7.11 Å². The van der Waals surface area contributed by atoms with E-state index in [1.54, 1.807) is 24.3 Å². The summed E-state index contributed by atoms with van der Waals surface area (Å²) in [5, 5.41) is 2.00. The summed E-state index contributed by atoms with van der Waals surface area (Å²) in [6, 6.07) is 8.04. The van der Waals surface area contributed by atoms with Crippen molar-refractivity contribution in [2.75, 3.05) is 20.2 Å². The van der Waals surface area contributed by atoms with E-state index in [-0.39, 0.29) is 22.1 Å². The summed E-state index contributed by atoms with van der Waals surface area (Å²) < 4.78 is 32.0. The lowest BCUT2D eigenvalue weighted by Crippen LogP contribution is -2.42. The minimum atomic E-state index is -3.90. The molecule has 6 nitrogen and oxygen atoms in total. The Kier molecular flexibility index (Phi) is 6.00. The van der Waals surface area contributed by atoms with Gasteiger partial charge >= 0.3 is 5.97 Å². The van der Waals surface area contributed by atoms with E-state index in [0.29, 0.717) is 30.0 Å². The lowest BCUT2D eigenvalue weighted by molar-refractivity contribution is 0.0601. The number of ether oxygens (including phenoxy) is 1. The van der Waals surface area contributed by atoms with Crippen molar-refractivity contribution < 1.29 is 22.7 Å². The first-order valence-electron chi connectivity index (χ1n) is 8.30. The van der Waals surface area contributed by atoms with Gasteiger partial charge in [-0.1, -0.05) is 23.7 Å². The zero-order valence-corrected chi connectivity index (χ0v) is 16.9. The molecule has 0 radical (unpaired) electrons. The average molecular weight is 428 g/mol. The molecule has 1 fully saturated rings. The number of benzene rings is 1. The number of Topliss-reactive ketones (excluding diaryl/α,β-unsaturated/α-hetero) is 1. The minimum absolute atomic E-state index is 0.0424. The van der Waals surface area contributed by atoms with Gasteiger partial charge < -0.3 is 4.74 Å². The van der Waals surface area contributed by atoms with Crippen LogP contribution in [0, 0.1) is 5.92 Å². The Hall–Kier alpha value is -1.74. The molecule has 1 aromatic carbocycles. The van der Waals surface area contributed by atoms with Gasteiger partial charge in [0, 0.05) is 29.6 Å². The highest BCUT2D eigenvalue weighted by atomic mass is 35.5. The van der Waals surface area contributed by atoms with Crippen LogP contribution in [0.4, 0.5) is 0 Å². The maximum Gasteiger partial charge on any atom is 0.349 e. The number of hydrogen-bond donors (Lipinski definition) is 0. The Bertz CT molecular complexity index is 970. The number of halogens is 1. The molecule has 0 aliphatic carbocycles. The molecule has 27 heavy (non-hydrogen) atoms. The number of carbonyl (C=O) groups excluding carboxylic acids is 2. The predicted octanol–water partition coefficient (Wildman–Crippen LogP) is 3.47. The normalized spacial score (nSPS) is 18.2. The van der Waals surface area contributed by atoms with E-state index in [1.165, 1.54) is 22.9 Å². The molecule has 2 heterocycles. The van der Waals surface area contributed by atoms with E-state index in [0.717, 1.165) is 11.3 Å². The molecule has 2 aromatic rings. The molecule has 1 aromatic heterocycles. The van der Waals surface area contributed by atoms with Gasteiger partial charge in [0.1, 0.15) is 9.77 Å². The monoisotopic (exact) mass is 427 g/mol. The number of nitrogens with zero attached hydrogens (tertiary/aromatic N) is 1. The van der Waals surface area contributed by atoms with Gasteiger partial charge in [-0.05, 0) is 36.4 Å². The quantitative estimate of drug-likeness (QED) is 0.539. The lowest BCUT2D eigenvalue weighted by Gasteiger charge is -2.31. The third-order valence-electron chi connectivity index (χ3n) is 4.48. The zero-order chi connectivity index (χ0) is 19.6. The molecule has 1 aliphatic rings. The number of sulfonamides is 1. The van der Waals surface area contributed by atoms with Crippen molar-refractivity contribution in [2.45, 2.75) is 17.7 Å². The standard InChI is InChI=1S/C18H18ClNO5S2/c1-25-18(22)17-15(7-9-26-17)27(23,24)20-8-3-5-13(11-20)16(21)12-4-2-6-14(19)10-12/h2,4,6-7,9-10,13H,3,5,8,11H2,1H3/t13-/m0/s1. The van der Waals surface area contributed by atoms with Gasteiger partial charge in [0.2, 0.25) is 10.0 Å². The van der Waals surface area contributed by atoms with Crippen LogP contribution in [0.25, 0.3) is 0 Å². The summed E-state index contributed by atoms with van der Waals surface area (Å²) in [6.45, 7) is 0.377. The van der Waals surface area contributed by atoms with Crippen LogP contribution in [0.15, 0.2) is 40.6 Å². The van der Waals surface area contributed by atoms with Gasteiger partial charge in [-0.2, -0.15) is 4.31 Å². The number of hydrogen-bond acceptors (Lipinski definition) is 6. The number of piperidine rings is 1. The van der Waals surface area contributed by atoms with Gasteiger partial charge in [0.15, 0.2) is 5.78 Å². The van der Waals surface area contributed by atoms with E-state index in [1.807, 2.05) is 0 Å². The van der Waals surface area contributed by atoms with Crippen LogP contribution in [0.5, 0.6) is 0 Å². The Morgan fingerprint density at radius 3 is 2.78 bits per heavy atom. The van der Waals surface area contributed by atoms with Crippen LogP contribution in [-0.4, -0.2) is 44.7 Å². The van der Waals surface area contributed by atoms with Gasteiger partial charge in [-0.3, -0.25) is 4.79 Å². The molecule has 9 heteroatoms. The van der Waals surface area contributed by atoms with E-state index in [4.69, 9.17) is 11.6 Å². The number of ketones is 1. The van der Waals surface area contributed by atoms with Crippen LogP contribution < -0.4 is 0 Å². The van der Waals surface area contributed by atoms with Crippen LogP contribution in [-0.2, 0) is 14.8 Å². The fourth-order valence-corrected chi connectivity index (χ4v) is 6.16. The second-order valence-electron chi connectivity index (χ2n) is 6.18. The highest BCUT2D eigenvalue weighted by Crippen LogP contribution is 2.30. The van der Waals surface area contributed by atoms with Crippen molar-refractivity contribution in [3.8, 4) is 0 Å². The molecule has 0 N–H and O–H groups in total. The number of esters is 1. The SMILES string of the molecule is COC(=O)c1sccc1S(=O)(=O)N1CCC[C@H](C(=O)c2cccc(Cl)c2)C1. The Balaban J connectivity index is 1.84. The molecular weight excluding hydrogens is 410 g/mol. The molecular formula is C18H18ClNO5S2. The topological polar surface area (TPSA) is 80.8 Å². The second kappa shape index (κ2) is 8.10.